The largest absolute Gasteiger partial charge is 0.490 e. The van der Waals surface area contributed by atoms with Crippen molar-refractivity contribution in [1.82, 2.24) is 5.32 Å². The SMILES string of the molecule is N=Cc1c(N)cc(Cl)cc1OC1CCNCC1. The summed E-state index contributed by atoms with van der Waals surface area (Å²) in [4.78, 5) is 0. The van der Waals surface area contributed by atoms with E-state index in [1.807, 2.05) is 0 Å². The molecular formula is C12H16ClN3O. The minimum Gasteiger partial charge on any atom is -0.490 e. The Morgan fingerprint density at radius 3 is 2.76 bits per heavy atom. The molecule has 0 saturated carbocycles. The maximum absolute atomic E-state index is 7.37. The van der Waals surface area contributed by atoms with Crippen molar-refractivity contribution in [1.29, 1.82) is 5.41 Å². The lowest BCUT2D eigenvalue weighted by Crippen LogP contribution is -2.34. The fourth-order valence-corrected chi connectivity index (χ4v) is 2.17. The van der Waals surface area contributed by atoms with Gasteiger partial charge in [0.15, 0.2) is 0 Å². The molecule has 0 atom stereocenters. The van der Waals surface area contributed by atoms with Crippen molar-refractivity contribution in [3.05, 3.63) is 22.7 Å². The minimum atomic E-state index is 0.174. The number of anilines is 1. The number of benzene rings is 1. The summed E-state index contributed by atoms with van der Waals surface area (Å²) in [5, 5.41) is 11.2. The summed E-state index contributed by atoms with van der Waals surface area (Å²) in [6.07, 6.45) is 3.31. The topological polar surface area (TPSA) is 71.1 Å². The molecule has 2 rings (SSSR count). The van der Waals surface area contributed by atoms with Crippen LogP contribution in [0.2, 0.25) is 5.02 Å². The van der Waals surface area contributed by atoms with Gasteiger partial charge in [-0.2, -0.15) is 0 Å². The summed E-state index contributed by atoms with van der Waals surface area (Å²) in [5.74, 6) is 0.608. The van der Waals surface area contributed by atoms with Gasteiger partial charge in [-0.05, 0) is 38.1 Å². The summed E-state index contributed by atoms with van der Waals surface area (Å²) < 4.78 is 5.88. The van der Waals surface area contributed by atoms with E-state index in [0.717, 1.165) is 25.9 Å². The van der Waals surface area contributed by atoms with E-state index >= 15 is 0 Å². The van der Waals surface area contributed by atoms with Crippen molar-refractivity contribution < 1.29 is 4.74 Å². The minimum absolute atomic E-state index is 0.174. The van der Waals surface area contributed by atoms with Crippen molar-refractivity contribution in [3.63, 3.8) is 0 Å². The molecule has 0 aliphatic carbocycles. The molecule has 0 aromatic heterocycles. The van der Waals surface area contributed by atoms with Gasteiger partial charge in [0.1, 0.15) is 11.9 Å². The summed E-state index contributed by atoms with van der Waals surface area (Å²) in [5.41, 5.74) is 6.90. The molecule has 0 radical (unpaired) electrons. The molecule has 4 nitrogen and oxygen atoms in total. The van der Waals surface area contributed by atoms with E-state index in [2.05, 4.69) is 5.32 Å². The Balaban J connectivity index is 2.21. The second kappa shape index (κ2) is 5.38. The first kappa shape index (κ1) is 12.2. The van der Waals surface area contributed by atoms with E-state index in [1.54, 1.807) is 12.1 Å². The van der Waals surface area contributed by atoms with Crippen LogP contribution in [-0.2, 0) is 0 Å². The lowest BCUT2D eigenvalue weighted by molar-refractivity contribution is 0.162. The zero-order valence-corrected chi connectivity index (χ0v) is 10.3. The molecular weight excluding hydrogens is 238 g/mol. The van der Waals surface area contributed by atoms with Gasteiger partial charge in [-0.25, -0.2) is 0 Å². The highest BCUT2D eigenvalue weighted by molar-refractivity contribution is 6.31. The van der Waals surface area contributed by atoms with Crippen LogP contribution in [0.4, 0.5) is 5.69 Å². The van der Waals surface area contributed by atoms with Crippen LogP contribution in [0.15, 0.2) is 12.1 Å². The van der Waals surface area contributed by atoms with Gasteiger partial charge in [0, 0.05) is 16.9 Å². The quantitative estimate of drug-likeness (QED) is 0.570. The average Bonchev–Trinajstić information content (AvgIpc) is 2.30. The summed E-state index contributed by atoms with van der Waals surface area (Å²) in [6.45, 7) is 1.92. The first-order valence-corrected chi connectivity index (χ1v) is 6.05. The molecule has 0 spiro atoms. The number of halogens is 1. The van der Waals surface area contributed by atoms with Crippen LogP contribution in [0.1, 0.15) is 18.4 Å². The van der Waals surface area contributed by atoms with Crippen LogP contribution < -0.4 is 15.8 Å². The summed E-state index contributed by atoms with van der Waals surface area (Å²) in [6, 6.07) is 3.36. The van der Waals surface area contributed by atoms with Crippen LogP contribution >= 0.6 is 11.6 Å². The van der Waals surface area contributed by atoms with Gasteiger partial charge in [-0.3, -0.25) is 0 Å². The van der Waals surface area contributed by atoms with Crippen molar-refractivity contribution in [2.24, 2.45) is 0 Å². The lowest BCUT2D eigenvalue weighted by atomic mass is 10.1. The highest BCUT2D eigenvalue weighted by Crippen LogP contribution is 2.29. The second-order valence-electron chi connectivity index (χ2n) is 4.12. The molecule has 1 fully saturated rings. The summed E-state index contributed by atoms with van der Waals surface area (Å²) in [7, 11) is 0. The van der Waals surface area contributed by atoms with Crippen LogP contribution in [-0.4, -0.2) is 25.4 Å². The van der Waals surface area contributed by atoms with E-state index in [9.17, 15) is 0 Å². The molecule has 5 heteroatoms. The Bertz CT molecular complexity index is 416. The Hall–Kier alpha value is -1.26. The fraction of sp³-hybridized carbons (Fsp3) is 0.417. The maximum atomic E-state index is 7.37. The Morgan fingerprint density at radius 2 is 2.12 bits per heavy atom. The standard InChI is InChI=1S/C12H16ClN3O/c13-8-5-11(15)10(7-14)12(6-8)17-9-1-3-16-4-2-9/h5-7,9,14,16H,1-4,15H2. The monoisotopic (exact) mass is 253 g/mol. The van der Waals surface area contributed by atoms with E-state index in [4.69, 9.17) is 27.5 Å². The highest BCUT2D eigenvalue weighted by Gasteiger charge is 2.17. The molecule has 0 bridgehead atoms. The van der Waals surface area contributed by atoms with Crippen LogP contribution in [0.3, 0.4) is 0 Å². The predicted molar refractivity (Wildman–Crippen MR) is 70.3 cm³/mol. The number of hydrogen-bond donors (Lipinski definition) is 3. The third kappa shape index (κ3) is 2.90. The number of hydrogen-bond acceptors (Lipinski definition) is 4. The molecule has 1 aromatic rings. The maximum Gasteiger partial charge on any atom is 0.132 e. The van der Waals surface area contributed by atoms with Gasteiger partial charge < -0.3 is 21.2 Å². The highest BCUT2D eigenvalue weighted by atomic mass is 35.5. The number of nitrogens with one attached hydrogen (secondary N) is 2. The van der Waals surface area contributed by atoms with Gasteiger partial charge in [0.2, 0.25) is 0 Å². The molecule has 0 amide bonds. The van der Waals surface area contributed by atoms with E-state index in [0.29, 0.717) is 22.0 Å². The molecule has 0 unspecified atom stereocenters. The number of ether oxygens (including phenoxy) is 1. The first-order valence-electron chi connectivity index (χ1n) is 5.67. The smallest absolute Gasteiger partial charge is 0.132 e. The van der Waals surface area contributed by atoms with Gasteiger partial charge in [0.25, 0.3) is 0 Å². The molecule has 92 valence electrons. The molecule has 17 heavy (non-hydrogen) atoms. The van der Waals surface area contributed by atoms with E-state index in [1.165, 1.54) is 6.21 Å². The molecule has 1 aliphatic rings. The van der Waals surface area contributed by atoms with Gasteiger partial charge in [-0.15, -0.1) is 0 Å². The number of rotatable bonds is 3. The van der Waals surface area contributed by atoms with E-state index < -0.39 is 0 Å². The van der Waals surface area contributed by atoms with Crippen molar-refractivity contribution in [3.8, 4) is 5.75 Å². The molecule has 1 aliphatic heterocycles. The van der Waals surface area contributed by atoms with Gasteiger partial charge >= 0.3 is 0 Å². The van der Waals surface area contributed by atoms with Crippen LogP contribution in [0, 0.1) is 5.41 Å². The number of nitrogen functional groups attached to an aromatic ring is 1. The predicted octanol–water partition coefficient (Wildman–Crippen LogP) is 2.05. The number of piperidine rings is 1. The second-order valence-corrected chi connectivity index (χ2v) is 4.55. The van der Waals surface area contributed by atoms with Crippen molar-refractivity contribution in [2.75, 3.05) is 18.8 Å². The van der Waals surface area contributed by atoms with E-state index in [-0.39, 0.29) is 6.10 Å². The zero-order chi connectivity index (χ0) is 12.3. The molecule has 1 aromatic carbocycles. The fourth-order valence-electron chi connectivity index (χ4n) is 1.96. The first-order chi connectivity index (χ1) is 8.20. The Labute approximate surface area is 106 Å². The van der Waals surface area contributed by atoms with Crippen LogP contribution in [0.5, 0.6) is 5.75 Å². The molecule has 4 N–H and O–H groups in total. The normalized spacial score (nSPS) is 16.8. The van der Waals surface area contributed by atoms with Crippen LogP contribution in [0.25, 0.3) is 0 Å². The van der Waals surface area contributed by atoms with Crippen molar-refractivity contribution >= 4 is 23.5 Å². The summed E-state index contributed by atoms with van der Waals surface area (Å²) >= 11 is 5.95. The third-order valence-corrected chi connectivity index (χ3v) is 3.08. The van der Waals surface area contributed by atoms with Gasteiger partial charge in [0.05, 0.1) is 5.56 Å². The van der Waals surface area contributed by atoms with Gasteiger partial charge in [-0.1, -0.05) is 11.6 Å². The average molecular weight is 254 g/mol. The lowest BCUT2D eigenvalue weighted by Gasteiger charge is -2.25. The Morgan fingerprint density at radius 1 is 1.41 bits per heavy atom. The zero-order valence-electron chi connectivity index (χ0n) is 9.50. The third-order valence-electron chi connectivity index (χ3n) is 2.86. The Kier molecular flexibility index (Phi) is 3.86. The molecule has 1 heterocycles. The number of nitrogens with two attached hydrogens (primary N) is 1. The molecule has 1 saturated heterocycles. The van der Waals surface area contributed by atoms with Crippen molar-refractivity contribution in [2.45, 2.75) is 18.9 Å².